The van der Waals surface area contributed by atoms with Crippen LogP contribution in [0, 0.1) is 0 Å². The van der Waals surface area contributed by atoms with Gasteiger partial charge in [0, 0.05) is 24.9 Å². The summed E-state index contributed by atoms with van der Waals surface area (Å²) in [6.07, 6.45) is 1.61. The van der Waals surface area contributed by atoms with Crippen LogP contribution in [0.2, 0.25) is 0 Å². The van der Waals surface area contributed by atoms with Crippen LogP contribution in [0.25, 0.3) is 11.0 Å². The molecule has 1 amide bonds. The van der Waals surface area contributed by atoms with Crippen LogP contribution in [0.3, 0.4) is 0 Å². The van der Waals surface area contributed by atoms with Crippen LogP contribution in [0.4, 0.5) is 0 Å². The maximum Gasteiger partial charge on any atom is 0.349 e. The molecule has 8 nitrogen and oxygen atoms in total. The molecule has 0 unspecified atom stereocenters. The fourth-order valence-corrected chi connectivity index (χ4v) is 2.75. The van der Waals surface area contributed by atoms with Crippen molar-refractivity contribution in [2.45, 2.75) is 46.3 Å². The van der Waals surface area contributed by atoms with Gasteiger partial charge in [0.2, 0.25) is 5.89 Å². The van der Waals surface area contributed by atoms with Crippen molar-refractivity contribution in [3.63, 3.8) is 0 Å². The highest BCUT2D eigenvalue weighted by molar-refractivity contribution is 5.96. The summed E-state index contributed by atoms with van der Waals surface area (Å²) in [5.74, 6) is 1.04. The number of hydrogen-bond donors (Lipinski definition) is 0. The molecule has 28 heavy (non-hydrogen) atoms. The number of carbonyl (C=O) groups excluding carboxylic acids is 1. The first kappa shape index (κ1) is 19.6. The summed E-state index contributed by atoms with van der Waals surface area (Å²) in [5.41, 5.74) is -0.396. The van der Waals surface area contributed by atoms with Crippen LogP contribution in [0.1, 0.15) is 49.3 Å². The van der Waals surface area contributed by atoms with Crippen LogP contribution >= 0.6 is 0 Å². The number of aromatic nitrogens is 2. The average Bonchev–Trinajstić information content (AvgIpc) is 3.07. The van der Waals surface area contributed by atoms with E-state index in [2.05, 4.69) is 10.1 Å². The summed E-state index contributed by atoms with van der Waals surface area (Å²) in [7, 11) is 1.56. The van der Waals surface area contributed by atoms with E-state index in [0.29, 0.717) is 34.9 Å². The van der Waals surface area contributed by atoms with Crippen molar-refractivity contribution >= 4 is 16.9 Å². The molecule has 0 spiro atoms. The lowest BCUT2D eigenvalue weighted by atomic mass is 10.1. The zero-order chi connectivity index (χ0) is 20.3. The van der Waals surface area contributed by atoms with Crippen molar-refractivity contribution < 1.29 is 18.5 Å². The monoisotopic (exact) mass is 385 g/mol. The Morgan fingerprint density at radius 2 is 2.07 bits per heavy atom. The Balaban J connectivity index is 1.81. The van der Waals surface area contributed by atoms with Crippen LogP contribution in [0.15, 0.2) is 38.0 Å². The van der Waals surface area contributed by atoms with Gasteiger partial charge in [-0.1, -0.05) is 12.1 Å². The molecule has 0 atom stereocenters. The number of fused-ring (bicyclic) bond motifs is 1. The van der Waals surface area contributed by atoms with Gasteiger partial charge in [-0.3, -0.25) is 4.79 Å². The molecule has 3 aromatic rings. The van der Waals surface area contributed by atoms with Crippen molar-refractivity contribution in [1.82, 2.24) is 15.0 Å². The van der Waals surface area contributed by atoms with E-state index in [9.17, 15) is 9.59 Å². The van der Waals surface area contributed by atoms with E-state index >= 15 is 0 Å². The first-order valence-electron chi connectivity index (χ1n) is 9.19. The van der Waals surface area contributed by atoms with Gasteiger partial charge >= 0.3 is 5.63 Å². The molecule has 0 saturated heterocycles. The minimum absolute atomic E-state index is 0.00112. The van der Waals surface area contributed by atoms with Gasteiger partial charge in [0.25, 0.3) is 5.91 Å². The molecule has 0 bridgehead atoms. The Morgan fingerprint density at radius 3 is 2.79 bits per heavy atom. The molecule has 0 saturated carbocycles. The van der Waals surface area contributed by atoms with Crippen molar-refractivity contribution in [2.75, 3.05) is 7.05 Å². The number of amides is 1. The fourth-order valence-electron chi connectivity index (χ4n) is 2.75. The van der Waals surface area contributed by atoms with E-state index in [1.807, 2.05) is 20.8 Å². The molecule has 0 N–H and O–H groups in total. The van der Waals surface area contributed by atoms with Gasteiger partial charge in [-0.25, -0.2) is 4.79 Å². The number of nitrogens with zero attached hydrogens (tertiary/aromatic N) is 3. The van der Waals surface area contributed by atoms with Crippen LogP contribution in [-0.4, -0.2) is 34.1 Å². The standard InChI is InChI=1S/C20H23N3O5/c1-5-6-17-21-18(28-22-17)11-23(4)19(24)15-9-13-7-8-14(26-12(2)3)10-16(13)27-20(15)25/h7-10,12H,5-6,11H2,1-4H3. The van der Waals surface area contributed by atoms with E-state index in [4.69, 9.17) is 13.7 Å². The highest BCUT2D eigenvalue weighted by Gasteiger charge is 2.20. The summed E-state index contributed by atoms with van der Waals surface area (Å²) in [5, 5.41) is 4.50. The third-order valence-corrected chi connectivity index (χ3v) is 4.01. The van der Waals surface area contributed by atoms with Gasteiger partial charge < -0.3 is 18.6 Å². The van der Waals surface area contributed by atoms with E-state index in [0.717, 1.165) is 6.42 Å². The largest absolute Gasteiger partial charge is 0.491 e. The SMILES string of the molecule is CCCc1noc(CN(C)C(=O)c2cc3ccc(OC(C)C)cc3oc2=O)n1. The Labute approximate surface area is 162 Å². The van der Waals surface area contributed by atoms with E-state index < -0.39 is 11.5 Å². The summed E-state index contributed by atoms with van der Waals surface area (Å²) in [4.78, 5) is 30.6. The van der Waals surface area contributed by atoms with E-state index in [-0.39, 0.29) is 18.2 Å². The smallest absolute Gasteiger partial charge is 0.349 e. The quantitative estimate of drug-likeness (QED) is 0.576. The lowest BCUT2D eigenvalue weighted by molar-refractivity contribution is 0.0765. The lowest BCUT2D eigenvalue weighted by Gasteiger charge is -2.14. The molecule has 0 aliphatic heterocycles. The summed E-state index contributed by atoms with van der Waals surface area (Å²) in [6.45, 7) is 5.94. The van der Waals surface area contributed by atoms with Gasteiger partial charge in [-0.2, -0.15) is 4.98 Å². The van der Waals surface area contributed by atoms with Crippen molar-refractivity contribution in [1.29, 1.82) is 0 Å². The van der Waals surface area contributed by atoms with Crippen LogP contribution in [0.5, 0.6) is 5.75 Å². The Morgan fingerprint density at radius 1 is 1.29 bits per heavy atom. The van der Waals surface area contributed by atoms with Crippen molar-refractivity contribution in [3.05, 3.63) is 52.0 Å². The van der Waals surface area contributed by atoms with Gasteiger partial charge in [0.1, 0.15) is 16.9 Å². The maximum atomic E-state index is 12.7. The number of rotatable bonds is 7. The highest BCUT2D eigenvalue weighted by Crippen LogP contribution is 2.22. The second-order valence-corrected chi connectivity index (χ2v) is 6.83. The van der Waals surface area contributed by atoms with E-state index in [1.54, 1.807) is 25.2 Å². The molecule has 8 heteroatoms. The molecule has 0 aliphatic rings. The molecular formula is C20H23N3O5. The zero-order valence-corrected chi connectivity index (χ0v) is 16.4. The van der Waals surface area contributed by atoms with E-state index in [1.165, 1.54) is 11.0 Å². The van der Waals surface area contributed by atoms with Gasteiger partial charge in [-0.15, -0.1) is 0 Å². The molecule has 0 fully saturated rings. The topological polar surface area (TPSA) is 98.7 Å². The summed E-state index contributed by atoms with van der Waals surface area (Å²) >= 11 is 0. The highest BCUT2D eigenvalue weighted by atomic mass is 16.5. The van der Waals surface area contributed by atoms with Crippen molar-refractivity contribution in [2.24, 2.45) is 0 Å². The molecule has 148 valence electrons. The number of hydrogen-bond acceptors (Lipinski definition) is 7. The van der Waals surface area contributed by atoms with Gasteiger partial charge in [0.15, 0.2) is 5.82 Å². The zero-order valence-electron chi connectivity index (χ0n) is 16.4. The Bertz CT molecular complexity index is 1040. The van der Waals surface area contributed by atoms with Crippen LogP contribution < -0.4 is 10.4 Å². The lowest BCUT2D eigenvalue weighted by Crippen LogP contribution is -2.30. The molecule has 3 rings (SSSR count). The predicted octanol–water partition coefficient (Wildman–Crippen LogP) is 3.19. The average molecular weight is 385 g/mol. The second-order valence-electron chi connectivity index (χ2n) is 6.83. The molecular weight excluding hydrogens is 362 g/mol. The summed E-state index contributed by atoms with van der Waals surface area (Å²) in [6, 6.07) is 6.69. The molecule has 0 radical (unpaired) electrons. The fraction of sp³-hybridized carbons (Fsp3) is 0.400. The third kappa shape index (κ3) is 4.39. The molecule has 2 aromatic heterocycles. The first-order chi connectivity index (χ1) is 13.4. The Kier molecular flexibility index (Phi) is 5.77. The molecule has 2 heterocycles. The predicted molar refractivity (Wildman–Crippen MR) is 102 cm³/mol. The Hall–Kier alpha value is -3.16. The number of aryl methyl sites for hydroxylation is 1. The molecule has 1 aromatic carbocycles. The minimum atomic E-state index is -0.705. The number of benzene rings is 1. The van der Waals surface area contributed by atoms with Gasteiger partial charge in [0.05, 0.1) is 12.6 Å². The van der Waals surface area contributed by atoms with Gasteiger partial charge in [-0.05, 0) is 38.5 Å². The first-order valence-corrected chi connectivity index (χ1v) is 9.19. The maximum absolute atomic E-state index is 12.7. The minimum Gasteiger partial charge on any atom is -0.491 e. The molecule has 0 aliphatic carbocycles. The third-order valence-electron chi connectivity index (χ3n) is 4.01. The van der Waals surface area contributed by atoms with Crippen LogP contribution in [-0.2, 0) is 13.0 Å². The number of carbonyl (C=O) groups is 1. The van der Waals surface area contributed by atoms with Crippen molar-refractivity contribution in [3.8, 4) is 5.75 Å². The summed E-state index contributed by atoms with van der Waals surface area (Å²) < 4.78 is 16.1. The number of ether oxygens (including phenoxy) is 1. The second kappa shape index (κ2) is 8.24. The normalized spacial score (nSPS) is 11.2.